The first-order valence-electron chi connectivity index (χ1n) is 3.99. The molecule has 0 fully saturated rings. The minimum absolute atomic E-state index is 0.791. The zero-order chi connectivity index (χ0) is 9.10. The largest absolute Gasteiger partial charge is 0.261 e. The Hall–Kier alpha value is -1.36. The molecule has 0 atom stereocenters. The molecule has 0 unspecified atom stereocenters. The van der Waals surface area contributed by atoms with Gasteiger partial charge in [-0.2, -0.15) is 0 Å². The zero-order valence-electron chi connectivity index (χ0n) is 7.14. The SMILES string of the molecule is CCc1nnc(-c2cnccn2)s1. The lowest BCUT2D eigenvalue weighted by Crippen LogP contribution is -1.82. The molecule has 0 aromatic carbocycles. The van der Waals surface area contributed by atoms with Crippen molar-refractivity contribution in [1.29, 1.82) is 0 Å². The summed E-state index contributed by atoms with van der Waals surface area (Å²) >= 11 is 1.56. The standard InChI is InChI=1S/C8H8N4S/c1-2-7-11-12-8(13-7)6-5-9-3-4-10-6/h3-5H,2H2,1H3. The molecule has 0 aliphatic heterocycles. The van der Waals surface area contributed by atoms with Crippen molar-refractivity contribution < 1.29 is 0 Å². The van der Waals surface area contributed by atoms with E-state index in [0.717, 1.165) is 22.1 Å². The van der Waals surface area contributed by atoms with Crippen molar-refractivity contribution in [2.75, 3.05) is 0 Å². The molecule has 2 rings (SSSR count). The number of aromatic nitrogens is 4. The van der Waals surface area contributed by atoms with Gasteiger partial charge in [0.25, 0.3) is 0 Å². The van der Waals surface area contributed by atoms with Gasteiger partial charge >= 0.3 is 0 Å². The Bertz CT molecular complexity index is 384. The summed E-state index contributed by atoms with van der Waals surface area (Å²) in [5.74, 6) is 0. The Labute approximate surface area is 79.7 Å². The average Bonchev–Trinajstić information content (AvgIpc) is 2.67. The number of aryl methyl sites for hydroxylation is 1. The maximum atomic E-state index is 4.14. The van der Waals surface area contributed by atoms with E-state index in [2.05, 4.69) is 27.1 Å². The molecule has 0 aliphatic rings. The monoisotopic (exact) mass is 192 g/mol. The second kappa shape index (κ2) is 3.57. The first-order valence-corrected chi connectivity index (χ1v) is 4.80. The van der Waals surface area contributed by atoms with Gasteiger partial charge < -0.3 is 0 Å². The fourth-order valence-electron chi connectivity index (χ4n) is 0.910. The first-order chi connectivity index (χ1) is 6.40. The molecule has 2 heterocycles. The molecule has 13 heavy (non-hydrogen) atoms. The minimum atomic E-state index is 0.791. The molecule has 0 saturated heterocycles. The molecular formula is C8H8N4S. The molecule has 0 aliphatic carbocycles. The van der Waals surface area contributed by atoms with Crippen LogP contribution in [0.3, 0.4) is 0 Å². The van der Waals surface area contributed by atoms with Gasteiger partial charge in [-0.1, -0.05) is 18.3 Å². The van der Waals surface area contributed by atoms with E-state index in [-0.39, 0.29) is 0 Å². The van der Waals surface area contributed by atoms with Gasteiger partial charge in [0.05, 0.1) is 6.20 Å². The highest BCUT2D eigenvalue weighted by molar-refractivity contribution is 7.14. The molecule has 2 aromatic heterocycles. The Kier molecular flexibility index (Phi) is 2.27. The second-order valence-corrected chi connectivity index (χ2v) is 3.51. The Morgan fingerprint density at radius 3 is 2.85 bits per heavy atom. The van der Waals surface area contributed by atoms with Crippen molar-refractivity contribution in [1.82, 2.24) is 20.2 Å². The van der Waals surface area contributed by atoms with Crippen molar-refractivity contribution in [3.63, 3.8) is 0 Å². The van der Waals surface area contributed by atoms with Crippen molar-refractivity contribution in [2.24, 2.45) is 0 Å². The van der Waals surface area contributed by atoms with Crippen molar-refractivity contribution >= 4 is 11.3 Å². The van der Waals surface area contributed by atoms with E-state index < -0.39 is 0 Å². The lowest BCUT2D eigenvalue weighted by Gasteiger charge is -1.89. The fourth-order valence-corrected chi connectivity index (χ4v) is 1.65. The lowest BCUT2D eigenvalue weighted by atomic mass is 10.5. The lowest BCUT2D eigenvalue weighted by molar-refractivity contribution is 0.982. The predicted molar refractivity (Wildman–Crippen MR) is 50.3 cm³/mol. The first kappa shape index (κ1) is 8.25. The van der Waals surface area contributed by atoms with Gasteiger partial charge in [0, 0.05) is 12.4 Å². The summed E-state index contributed by atoms with van der Waals surface area (Å²) in [7, 11) is 0. The number of hydrogen-bond donors (Lipinski definition) is 0. The van der Waals surface area contributed by atoms with Crippen LogP contribution in [-0.2, 0) is 6.42 Å². The maximum Gasteiger partial charge on any atom is 0.167 e. The van der Waals surface area contributed by atoms with E-state index in [1.54, 1.807) is 29.9 Å². The van der Waals surface area contributed by atoms with E-state index in [1.807, 2.05) is 0 Å². The number of hydrogen-bond acceptors (Lipinski definition) is 5. The molecular weight excluding hydrogens is 184 g/mol. The van der Waals surface area contributed by atoms with Crippen molar-refractivity contribution in [2.45, 2.75) is 13.3 Å². The summed E-state index contributed by atoms with van der Waals surface area (Å²) in [6.45, 7) is 2.06. The van der Waals surface area contributed by atoms with Crippen LogP contribution in [0.4, 0.5) is 0 Å². The molecule has 5 heteroatoms. The van der Waals surface area contributed by atoms with Crippen LogP contribution >= 0.6 is 11.3 Å². The van der Waals surface area contributed by atoms with E-state index >= 15 is 0 Å². The van der Waals surface area contributed by atoms with Gasteiger partial charge in [0.2, 0.25) is 0 Å². The Balaban J connectivity index is 2.36. The number of nitrogens with zero attached hydrogens (tertiary/aromatic N) is 4. The van der Waals surface area contributed by atoms with Crippen LogP contribution in [0.5, 0.6) is 0 Å². The summed E-state index contributed by atoms with van der Waals surface area (Å²) < 4.78 is 0. The van der Waals surface area contributed by atoms with Crippen LogP contribution in [0.15, 0.2) is 18.6 Å². The molecule has 0 spiro atoms. The third-order valence-electron chi connectivity index (χ3n) is 1.55. The van der Waals surface area contributed by atoms with Crippen LogP contribution in [0.1, 0.15) is 11.9 Å². The average molecular weight is 192 g/mol. The summed E-state index contributed by atoms with van der Waals surface area (Å²) in [5.41, 5.74) is 0.791. The zero-order valence-corrected chi connectivity index (χ0v) is 7.95. The highest BCUT2D eigenvalue weighted by atomic mass is 32.1. The molecule has 66 valence electrons. The van der Waals surface area contributed by atoms with Crippen molar-refractivity contribution in [3.05, 3.63) is 23.6 Å². The van der Waals surface area contributed by atoms with E-state index in [4.69, 9.17) is 0 Å². The van der Waals surface area contributed by atoms with Crippen LogP contribution in [-0.4, -0.2) is 20.2 Å². The molecule has 0 bridgehead atoms. The van der Waals surface area contributed by atoms with E-state index in [0.29, 0.717) is 0 Å². The third-order valence-corrected chi connectivity index (χ3v) is 2.64. The molecule has 4 nitrogen and oxygen atoms in total. The third kappa shape index (κ3) is 1.70. The molecule has 0 radical (unpaired) electrons. The van der Waals surface area contributed by atoms with Gasteiger partial charge in [-0.3, -0.25) is 9.97 Å². The van der Waals surface area contributed by atoms with Gasteiger partial charge in [-0.05, 0) is 6.42 Å². The number of rotatable bonds is 2. The normalized spacial score (nSPS) is 10.2. The molecule has 0 N–H and O–H groups in total. The van der Waals surface area contributed by atoms with Crippen LogP contribution in [0.2, 0.25) is 0 Å². The predicted octanol–water partition coefficient (Wildman–Crippen LogP) is 1.56. The summed E-state index contributed by atoms with van der Waals surface area (Å²) in [6.07, 6.45) is 5.91. The van der Waals surface area contributed by atoms with E-state index in [9.17, 15) is 0 Å². The minimum Gasteiger partial charge on any atom is -0.261 e. The van der Waals surface area contributed by atoms with Crippen LogP contribution in [0, 0.1) is 0 Å². The molecule has 2 aromatic rings. The smallest absolute Gasteiger partial charge is 0.167 e. The maximum absolute atomic E-state index is 4.14. The summed E-state index contributed by atoms with van der Waals surface area (Å²) in [4.78, 5) is 8.11. The van der Waals surface area contributed by atoms with Crippen LogP contribution in [0.25, 0.3) is 10.7 Å². The Morgan fingerprint density at radius 1 is 1.31 bits per heavy atom. The quantitative estimate of drug-likeness (QED) is 0.724. The van der Waals surface area contributed by atoms with Gasteiger partial charge in [0.15, 0.2) is 5.01 Å². The van der Waals surface area contributed by atoms with E-state index in [1.165, 1.54) is 0 Å². The highest BCUT2D eigenvalue weighted by Crippen LogP contribution is 2.20. The fraction of sp³-hybridized carbons (Fsp3) is 0.250. The molecule has 0 amide bonds. The van der Waals surface area contributed by atoms with Gasteiger partial charge in [-0.15, -0.1) is 10.2 Å². The Morgan fingerprint density at radius 2 is 2.23 bits per heavy atom. The topological polar surface area (TPSA) is 51.6 Å². The highest BCUT2D eigenvalue weighted by Gasteiger charge is 2.05. The van der Waals surface area contributed by atoms with Gasteiger partial charge in [-0.25, -0.2) is 0 Å². The molecule has 0 saturated carbocycles. The van der Waals surface area contributed by atoms with Gasteiger partial charge in [0.1, 0.15) is 10.7 Å². The second-order valence-electron chi connectivity index (χ2n) is 2.45. The summed E-state index contributed by atoms with van der Waals surface area (Å²) in [5, 5.41) is 9.90. The summed E-state index contributed by atoms with van der Waals surface area (Å²) in [6, 6.07) is 0. The van der Waals surface area contributed by atoms with Crippen molar-refractivity contribution in [3.8, 4) is 10.7 Å². The van der Waals surface area contributed by atoms with Crippen LogP contribution < -0.4 is 0 Å².